The standard InChI is InChI=1S/C16H19NO/c1-17-12-6-5-7-13-10-11-16(18-2)15-9-4-3-8-14(13)15/h3-5,7-11,17H,6,12H2,1-2H3. The van der Waals surface area contributed by atoms with Gasteiger partial charge >= 0.3 is 0 Å². The fourth-order valence-electron chi connectivity index (χ4n) is 2.06. The molecule has 0 radical (unpaired) electrons. The summed E-state index contributed by atoms with van der Waals surface area (Å²) in [5, 5.41) is 5.53. The van der Waals surface area contributed by atoms with Crippen LogP contribution < -0.4 is 10.1 Å². The Bertz CT molecular complexity index is 546. The van der Waals surface area contributed by atoms with Crippen molar-refractivity contribution >= 4 is 16.8 Å². The van der Waals surface area contributed by atoms with Crippen molar-refractivity contribution in [3.05, 3.63) is 48.0 Å². The van der Waals surface area contributed by atoms with Crippen LogP contribution in [0, 0.1) is 0 Å². The van der Waals surface area contributed by atoms with Crippen molar-refractivity contribution in [3.63, 3.8) is 0 Å². The molecule has 2 nitrogen and oxygen atoms in total. The summed E-state index contributed by atoms with van der Waals surface area (Å²) >= 11 is 0. The van der Waals surface area contributed by atoms with Gasteiger partial charge in [-0.15, -0.1) is 0 Å². The van der Waals surface area contributed by atoms with E-state index in [1.807, 2.05) is 19.2 Å². The largest absolute Gasteiger partial charge is 0.496 e. The summed E-state index contributed by atoms with van der Waals surface area (Å²) in [7, 11) is 3.68. The molecule has 0 atom stereocenters. The number of ether oxygens (including phenoxy) is 1. The lowest BCUT2D eigenvalue weighted by atomic mass is 10.0. The molecule has 0 unspecified atom stereocenters. The van der Waals surface area contributed by atoms with Crippen LogP contribution in [0.1, 0.15) is 12.0 Å². The highest BCUT2D eigenvalue weighted by Crippen LogP contribution is 2.28. The molecule has 2 heteroatoms. The molecule has 2 rings (SSSR count). The quantitative estimate of drug-likeness (QED) is 0.809. The van der Waals surface area contributed by atoms with Crippen LogP contribution in [0.3, 0.4) is 0 Å². The Morgan fingerprint density at radius 3 is 2.61 bits per heavy atom. The molecule has 2 aromatic carbocycles. The molecule has 0 spiro atoms. The number of hydrogen-bond donors (Lipinski definition) is 1. The number of methoxy groups -OCH3 is 1. The van der Waals surface area contributed by atoms with E-state index in [2.05, 4.69) is 41.7 Å². The van der Waals surface area contributed by atoms with Crippen molar-refractivity contribution in [1.29, 1.82) is 0 Å². The molecular weight excluding hydrogens is 222 g/mol. The minimum absolute atomic E-state index is 0.929. The van der Waals surface area contributed by atoms with Crippen molar-refractivity contribution in [3.8, 4) is 5.75 Å². The van der Waals surface area contributed by atoms with E-state index in [-0.39, 0.29) is 0 Å². The van der Waals surface area contributed by atoms with Gasteiger partial charge < -0.3 is 10.1 Å². The van der Waals surface area contributed by atoms with Gasteiger partial charge in [-0.25, -0.2) is 0 Å². The summed E-state index contributed by atoms with van der Waals surface area (Å²) in [5.74, 6) is 0.929. The second kappa shape index (κ2) is 6.22. The van der Waals surface area contributed by atoms with E-state index in [1.165, 1.54) is 10.9 Å². The average Bonchev–Trinajstić information content (AvgIpc) is 2.43. The number of fused-ring (bicyclic) bond motifs is 1. The van der Waals surface area contributed by atoms with E-state index in [4.69, 9.17) is 4.74 Å². The summed E-state index contributed by atoms with van der Waals surface area (Å²) in [6, 6.07) is 12.5. The molecule has 0 heterocycles. The molecule has 0 aliphatic rings. The first kappa shape index (κ1) is 12.7. The summed E-state index contributed by atoms with van der Waals surface area (Å²) in [4.78, 5) is 0. The number of rotatable bonds is 5. The zero-order chi connectivity index (χ0) is 12.8. The van der Waals surface area contributed by atoms with Gasteiger partial charge in [0.05, 0.1) is 7.11 Å². The van der Waals surface area contributed by atoms with E-state index >= 15 is 0 Å². The average molecular weight is 241 g/mol. The Kier molecular flexibility index (Phi) is 4.37. The van der Waals surface area contributed by atoms with Crippen molar-refractivity contribution in [2.24, 2.45) is 0 Å². The summed E-state index contributed by atoms with van der Waals surface area (Å²) in [6.45, 7) is 1.00. The minimum atomic E-state index is 0.929. The van der Waals surface area contributed by atoms with Crippen LogP contribution >= 0.6 is 0 Å². The predicted molar refractivity (Wildman–Crippen MR) is 78.1 cm³/mol. The predicted octanol–water partition coefficient (Wildman–Crippen LogP) is 3.47. The van der Waals surface area contributed by atoms with Gasteiger partial charge in [0, 0.05) is 5.39 Å². The van der Waals surface area contributed by atoms with E-state index in [0.29, 0.717) is 0 Å². The SMILES string of the molecule is CNCCC=Cc1ccc(OC)c2ccccc12. The van der Waals surface area contributed by atoms with Crippen LogP contribution in [0.25, 0.3) is 16.8 Å². The molecule has 1 N–H and O–H groups in total. The van der Waals surface area contributed by atoms with E-state index < -0.39 is 0 Å². The van der Waals surface area contributed by atoms with Gasteiger partial charge in [-0.05, 0) is 37.0 Å². The molecular formula is C16H19NO. The molecule has 2 aromatic rings. The Hall–Kier alpha value is -1.80. The second-order valence-electron chi connectivity index (χ2n) is 4.20. The molecule has 0 saturated heterocycles. The van der Waals surface area contributed by atoms with Gasteiger partial charge in [0.15, 0.2) is 0 Å². The third-order valence-corrected chi connectivity index (χ3v) is 3.00. The number of nitrogens with one attached hydrogen (secondary N) is 1. The molecule has 18 heavy (non-hydrogen) atoms. The summed E-state index contributed by atoms with van der Waals surface area (Å²) < 4.78 is 5.39. The minimum Gasteiger partial charge on any atom is -0.496 e. The third-order valence-electron chi connectivity index (χ3n) is 3.00. The van der Waals surface area contributed by atoms with E-state index in [0.717, 1.165) is 24.1 Å². The highest BCUT2D eigenvalue weighted by molar-refractivity contribution is 5.94. The highest BCUT2D eigenvalue weighted by Gasteiger charge is 2.03. The Morgan fingerprint density at radius 2 is 1.89 bits per heavy atom. The van der Waals surface area contributed by atoms with Gasteiger partial charge in [-0.1, -0.05) is 42.5 Å². The Balaban J connectivity index is 2.37. The zero-order valence-corrected chi connectivity index (χ0v) is 10.9. The molecule has 0 amide bonds. The van der Waals surface area contributed by atoms with E-state index in [1.54, 1.807) is 7.11 Å². The topological polar surface area (TPSA) is 21.3 Å². The zero-order valence-electron chi connectivity index (χ0n) is 10.9. The maximum Gasteiger partial charge on any atom is 0.126 e. The molecule has 0 aromatic heterocycles. The van der Waals surface area contributed by atoms with E-state index in [9.17, 15) is 0 Å². The van der Waals surface area contributed by atoms with Gasteiger partial charge in [0.2, 0.25) is 0 Å². The molecule has 0 saturated carbocycles. The first-order chi connectivity index (χ1) is 8.86. The normalized spacial score (nSPS) is 11.2. The van der Waals surface area contributed by atoms with Crippen molar-refractivity contribution < 1.29 is 4.74 Å². The summed E-state index contributed by atoms with van der Waals surface area (Å²) in [6.07, 6.45) is 5.42. The van der Waals surface area contributed by atoms with Gasteiger partial charge in [0.1, 0.15) is 5.75 Å². The van der Waals surface area contributed by atoms with Crippen LogP contribution in [0.2, 0.25) is 0 Å². The first-order valence-corrected chi connectivity index (χ1v) is 6.23. The van der Waals surface area contributed by atoms with Crippen LogP contribution in [0.15, 0.2) is 42.5 Å². The maximum absolute atomic E-state index is 5.39. The first-order valence-electron chi connectivity index (χ1n) is 6.23. The third kappa shape index (κ3) is 2.71. The smallest absolute Gasteiger partial charge is 0.126 e. The van der Waals surface area contributed by atoms with Crippen molar-refractivity contribution in [2.75, 3.05) is 20.7 Å². The number of benzene rings is 2. The Labute approximate surface area is 108 Å². The molecule has 0 aliphatic heterocycles. The highest BCUT2D eigenvalue weighted by atomic mass is 16.5. The number of hydrogen-bond acceptors (Lipinski definition) is 2. The van der Waals surface area contributed by atoms with Crippen molar-refractivity contribution in [1.82, 2.24) is 5.32 Å². The fraction of sp³-hybridized carbons (Fsp3) is 0.250. The van der Waals surface area contributed by atoms with Crippen LogP contribution in [-0.2, 0) is 0 Å². The summed E-state index contributed by atoms with van der Waals surface area (Å²) in [5.41, 5.74) is 1.24. The van der Waals surface area contributed by atoms with Crippen LogP contribution in [0.4, 0.5) is 0 Å². The lowest BCUT2D eigenvalue weighted by Gasteiger charge is -2.07. The second-order valence-corrected chi connectivity index (χ2v) is 4.20. The van der Waals surface area contributed by atoms with Crippen LogP contribution in [-0.4, -0.2) is 20.7 Å². The molecule has 0 aliphatic carbocycles. The molecule has 94 valence electrons. The Morgan fingerprint density at radius 1 is 1.11 bits per heavy atom. The lowest BCUT2D eigenvalue weighted by molar-refractivity contribution is 0.420. The fourth-order valence-corrected chi connectivity index (χ4v) is 2.06. The lowest BCUT2D eigenvalue weighted by Crippen LogP contribution is -2.05. The van der Waals surface area contributed by atoms with Crippen molar-refractivity contribution in [2.45, 2.75) is 6.42 Å². The molecule has 0 bridgehead atoms. The monoisotopic (exact) mass is 241 g/mol. The van der Waals surface area contributed by atoms with Gasteiger partial charge in [-0.3, -0.25) is 0 Å². The maximum atomic E-state index is 5.39. The van der Waals surface area contributed by atoms with Gasteiger partial charge in [-0.2, -0.15) is 0 Å². The molecule has 0 fully saturated rings. The van der Waals surface area contributed by atoms with Crippen LogP contribution in [0.5, 0.6) is 5.75 Å². The van der Waals surface area contributed by atoms with Gasteiger partial charge in [0.25, 0.3) is 0 Å².